The van der Waals surface area contributed by atoms with Crippen molar-refractivity contribution < 1.29 is 27.4 Å². The maximum atomic E-state index is 12.6. The lowest BCUT2D eigenvalue weighted by molar-refractivity contribution is -0.274. The molecular weight excluding hydrogens is 527 g/mol. The molecule has 1 saturated heterocycles. The summed E-state index contributed by atoms with van der Waals surface area (Å²) >= 11 is 5.87. The van der Waals surface area contributed by atoms with Crippen LogP contribution in [0.25, 0.3) is 22.6 Å². The Morgan fingerprint density at radius 2 is 1.63 bits per heavy atom. The number of rotatable bonds is 6. The second kappa shape index (κ2) is 10.2. The number of amides is 1. The Hall–Kier alpha value is -4.26. The Labute approximate surface area is 219 Å². The molecule has 14 heteroatoms. The van der Waals surface area contributed by atoms with Gasteiger partial charge in [-0.15, -0.1) is 13.2 Å². The molecule has 1 aliphatic heterocycles. The van der Waals surface area contributed by atoms with E-state index < -0.39 is 6.36 Å². The number of ether oxygens (including phenoxy) is 2. The van der Waals surface area contributed by atoms with Gasteiger partial charge in [-0.1, -0.05) is 11.6 Å². The predicted octanol–water partition coefficient (Wildman–Crippen LogP) is 3.88. The molecule has 38 heavy (non-hydrogen) atoms. The number of piperazine rings is 1. The highest BCUT2D eigenvalue weighted by Crippen LogP contribution is 2.29. The van der Waals surface area contributed by atoms with E-state index in [0.29, 0.717) is 65.3 Å². The number of aromatic nitrogens is 4. The Bertz CT molecular complexity index is 1440. The van der Waals surface area contributed by atoms with Gasteiger partial charge in [-0.05, 0) is 48.5 Å². The number of benzene rings is 2. The van der Waals surface area contributed by atoms with Gasteiger partial charge in [0.1, 0.15) is 22.8 Å². The molecule has 1 amide bonds. The summed E-state index contributed by atoms with van der Waals surface area (Å²) in [5.41, 5.74) is 7.29. The van der Waals surface area contributed by atoms with Crippen LogP contribution in [0, 0.1) is 0 Å². The maximum Gasteiger partial charge on any atom is 0.573 e. The van der Waals surface area contributed by atoms with Crippen molar-refractivity contribution in [1.29, 1.82) is 0 Å². The number of nitrogens with one attached hydrogen (secondary N) is 1. The fourth-order valence-electron chi connectivity index (χ4n) is 4.01. The molecule has 3 heterocycles. The SMILES string of the molecule is Nc1nc(N2CCN(C(=O)COc3ccc(Cl)cc3)CC2)c2[nH]c(-c3ccc(OC(F)(F)F)cc3)nc2n1. The van der Waals surface area contributed by atoms with Crippen LogP contribution in [-0.2, 0) is 4.79 Å². The van der Waals surface area contributed by atoms with Gasteiger partial charge in [-0.2, -0.15) is 9.97 Å². The number of hydrogen-bond acceptors (Lipinski definition) is 8. The Balaban J connectivity index is 1.27. The molecule has 3 N–H and O–H groups in total. The lowest BCUT2D eigenvalue weighted by atomic mass is 10.2. The lowest BCUT2D eigenvalue weighted by Gasteiger charge is -2.35. The van der Waals surface area contributed by atoms with Crippen molar-refractivity contribution in [2.24, 2.45) is 0 Å². The average molecular weight is 548 g/mol. The van der Waals surface area contributed by atoms with Crippen LogP contribution in [-0.4, -0.2) is 69.9 Å². The summed E-state index contributed by atoms with van der Waals surface area (Å²) in [4.78, 5) is 32.4. The molecule has 1 fully saturated rings. The third kappa shape index (κ3) is 5.83. The van der Waals surface area contributed by atoms with E-state index in [2.05, 4.69) is 24.7 Å². The standard InChI is InChI=1S/C24H21ClF3N7O3/c25-15-3-7-16(8-4-15)37-13-18(36)34-9-11-35(12-10-34)22-19-21(32-23(29)33-22)31-20(30-19)14-1-5-17(6-2-14)38-24(26,27)28/h1-8H,9-13H2,(H3,29,30,31,32,33). The Morgan fingerprint density at radius 3 is 2.29 bits per heavy atom. The first-order valence-corrected chi connectivity index (χ1v) is 11.8. The van der Waals surface area contributed by atoms with Gasteiger partial charge in [0.25, 0.3) is 5.91 Å². The second-order valence-corrected chi connectivity index (χ2v) is 8.81. The quantitative estimate of drug-likeness (QED) is 0.373. The van der Waals surface area contributed by atoms with Crippen molar-refractivity contribution >= 4 is 40.4 Å². The van der Waals surface area contributed by atoms with Crippen LogP contribution < -0.4 is 20.1 Å². The number of fused-ring (bicyclic) bond motifs is 1. The zero-order valence-corrected chi connectivity index (χ0v) is 20.5. The fourth-order valence-corrected chi connectivity index (χ4v) is 4.14. The summed E-state index contributed by atoms with van der Waals surface area (Å²) in [5, 5.41) is 0.581. The van der Waals surface area contributed by atoms with Crippen LogP contribution in [0.1, 0.15) is 0 Å². The van der Waals surface area contributed by atoms with Crippen LogP contribution in [0.2, 0.25) is 5.02 Å². The molecule has 1 aliphatic rings. The molecule has 4 aromatic rings. The number of carbonyl (C=O) groups excluding carboxylic acids is 1. The summed E-state index contributed by atoms with van der Waals surface area (Å²) < 4.78 is 46.8. The molecule has 0 aliphatic carbocycles. The predicted molar refractivity (Wildman–Crippen MR) is 134 cm³/mol. The monoisotopic (exact) mass is 547 g/mol. The van der Waals surface area contributed by atoms with Gasteiger partial charge in [0.2, 0.25) is 5.95 Å². The van der Waals surface area contributed by atoms with Gasteiger partial charge in [0.05, 0.1) is 0 Å². The summed E-state index contributed by atoms with van der Waals surface area (Å²) in [5.74, 6) is 0.995. The number of H-pyrrole nitrogens is 1. The first-order valence-electron chi connectivity index (χ1n) is 11.4. The third-order valence-corrected chi connectivity index (χ3v) is 6.07. The Morgan fingerprint density at radius 1 is 0.974 bits per heavy atom. The molecular formula is C24H21ClF3N7O3. The molecule has 10 nitrogen and oxygen atoms in total. The van der Waals surface area contributed by atoms with Gasteiger partial charge in [0.15, 0.2) is 18.1 Å². The number of nitrogens with zero attached hydrogens (tertiary/aromatic N) is 5. The minimum Gasteiger partial charge on any atom is -0.484 e. The van der Waals surface area contributed by atoms with Gasteiger partial charge in [0, 0.05) is 36.8 Å². The van der Waals surface area contributed by atoms with Crippen molar-refractivity contribution in [2.75, 3.05) is 43.4 Å². The number of nitrogen functional groups attached to an aromatic ring is 1. The number of anilines is 2. The average Bonchev–Trinajstić information content (AvgIpc) is 3.31. The first kappa shape index (κ1) is 25.4. The number of hydrogen-bond donors (Lipinski definition) is 2. The molecule has 5 rings (SSSR count). The number of aromatic amines is 1. The minimum atomic E-state index is -4.78. The highest BCUT2D eigenvalue weighted by atomic mass is 35.5. The van der Waals surface area contributed by atoms with E-state index in [-0.39, 0.29) is 24.2 Å². The van der Waals surface area contributed by atoms with E-state index in [4.69, 9.17) is 22.1 Å². The highest BCUT2D eigenvalue weighted by Gasteiger charge is 2.31. The number of nitrogens with two attached hydrogens (primary N) is 1. The van der Waals surface area contributed by atoms with Crippen LogP contribution in [0.4, 0.5) is 24.9 Å². The summed E-state index contributed by atoms with van der Waals surface area (Å²) in [6.45, 7) is 1.75. The molecule has 0 radical (unpaired) electrons. The van der Waals surface area contributed by atoms with Crippen molar-refractivity contribution in [2.45, 2.75) is 6.36 Å². The summed E-state index contributed by atoms with van der Waals surface area (Å²) in [7, 11) is 0. The van der Waals surface area contributed by atoms with Crippen molar-refractivity contribution in [3.8, 4) is 22.9 Å². The zero-order chi connectivity index (χ0) is 26.9. The molecule has 2 aromatic carbocycles. The van der Waals surface area contributed by atoms with E-state index in [0.717, 1.165) is 0 Å². The number of imidazole rings is 1. The van der Waals surface area contributed by atoms with Gasteiger partial charge in [-0.25, -0.2) is 4.98 Å². The molecule has 0 atom stereocenters. The van der Waals surface area contributed by atoms with Crippen molar-refractivity contribution in [3.05, 3.63) is 53.6 Å². The Kier molecular flexibility index (Phi) is 6.85. The van der Waals surface area contributed by atoms with E-state index >= 15 is 0 Å². The molecule has 0 bridgehead atoms. The van der Waals surface area contributed by atoms with E-state index in [1.807, 2.05) is 4.90 Å². The summed E-state index contributed by atoms with van der Waals surface area (Å²) in [6.07, 6.45) is -4.78. The number of alkyl halides is 3. The maximum absolute atomic E-state index is 12.6. The lowest BCUT2D eigenvalue weighted by Crippen LogP contribution is -2.50. The van der Waals surface area contributed by atoms with Gasteiger partial charge >= 0.3 is 6.36 Å². The number of carbonyl (C=O) groups is 1. The molecule has 198 valence electrons. The molecule has 2 aromatic heterocycles. The third-order valence-electron chi connectivity index (χ3n) is 5.82. The van der Waals surface area contributed by atoms with Gasteiger partial charge < -0.3 is 30.0 Å². The van der Waals surface area contributed by atoms with Crippen LogP contribution >= 0.6 is 11.6 Å². The van der Waals surface area contributed by atoms with Crippen LogP contribution in [0.3, 0.4) is 0 Å². The fraction of sp³-hybridized carbons (Fsp3) is 0.250. The molecule has 0 spiro atoms. The molecule has 0 unspecified atom stereocenters. The first-order chi connectivity index (χ1) is 18.1. The van der Waals surface area contributed by atoms with Gasteiger partial charge in [-0.3, -0.25) is 4.79 Å². The minimum absolute atomic E-state index is 0.0225. The normalized spacial score (nSPS) is 14.1. The smallest absolute Gasteiger partial charge is 0.484 e. The molecule has 0 saturated carbocycles. The van der Waals surface area contributed by atoms with E-state index in [1.165, 1.54) is 24.3 Å². The topological polar surface area (TPSA) is 122 Å². The van der Waals surface area contributed by atoms with Crippen molar-refractivity contribution in [3.63, 3.8) is 0 Å². The second-order valence-electron chi connectivity index (χ2n) is 8.37. The summed E-state index contributed by atoms with van der Waals surface area (Å²) in [6, 6.07) is 12.1. The van der Waals surface area contributed by atoms with Crippen molar-refractivity contribution in [1.82, 2.24) is 24.8 Å². The number of halogens is 4. The zero-order valence-electron chi connectivity index (χ0n) is 19.7. The largest absolute Gasteiger partial charge is 0.573 e. The highest BCUT2D eigenvalue weighted by molar-refractivity contribution is 6.30. The van der Waals surface area contributed by atoms with Crippen LogP contribution in [0.5, 0.6) is 11.5 Å². The van der Waals surface area contributed by atoms with Crippen LogP contribution in [0.15, 0.2) is 48.5 Å². The van der Waals surface area contributed by atoms with E-state index in [1.54, 1.807) is 29.2 Å². The van der Waals surface area contributed by atoms with E-state index in [9.17, 15) is 18.0 Å².